The zero-order valence-corrected chi connectivity index (χ0v) is 11.9. The summed E-state index contributed by atoms with van der Waals surface area (Å²) in [5.74, 6) is 0.596. The van der Waals surface area contributed by atoms with Crippen molar-refractivity contribution in [3.63, 3.8) is 0 Å². The Hall–Kier alpha value is -2.02. The van der Waals surface area contributed by atoms with Gasteiger partial charge in [-0.3, -0.25) is 0 Å². The van der Waals surface area contributed by atoms with Crippen molar-refractivity contribution in [1.29, 1.82) is 0 Å². The minimum atomic E-state index is -4.46. The lowest BCUT2D eigenvalue weighted by molar-refractivity contribution is -0.141. The Morgan fingerprint density at radius 3 is 2.52 bits per heavy atom. The van der Waals surface area contributed by atoms with E-state index in [-0.39, 0.29) is 6.04 Å². The molecule has 7 heteroatoms. The molecule has 21 heavy (non-hydrogen) atoms. The quantitative estimate of drug-likeness (QED) is 0.942. The molecule has 0 aliphatic rings. The van der Waals surface area contributed by atoms with Crippen LogP contribution in [0, 0.1) is 0 Å². The van der Waals surface area contributed by atoms with Gasteiger partial charge >= 0.3 is 6.18 Å². The maximum Gasteiger partial charge on any atom is 0.435 e. The Bertz CT molecular complexity index is 622. The molecule has 1 aromatic heterocycles. The number of hydrogen-bond acceptors (Lipinski definition) is 3. The molecule has 1 unspecified atom stereocenters. The van der Waals surface area contributed by atoms with Gasteiger partial charge in [-0.05, 0) is 32.2 Å². The molecule has 0 bridgehead atoms. The predicted molar refractivity (Wildman–Crippen MR) is 72.6 cm³/mol. The summed E-state index contributed by atoms with van der Waals surface area (Å²) in [5.41, 5.74) is 0.374. The fourth-order valence-electron chi connectivity index (χ4n) is 2.10. The monoisotopic (exact) mass is 299 g/mol. The van der Waals surface area contributed by atoms with Gasteiger partial charge in [-0.25, -0.2) is 4.68 Å². The van der Waals surface area contributed by atoms with Gasteiger partial charge in [-0.1, -0.05) is 6.07 Å². The van der Waals surface area contributed by atoms with E-state index < -0.39 is 11.9 Å². The molecule has 0 amide bonds. The summed E-state index contributed by atoms with van der Waals surface area (Å²) in [6.07, 6.45) is -3.16. The molecule has 0 spiro atoms. The van der Waals surface area contributed by atoms with E-state index in [1.165, 1.54) is 18.0 Å². The van der Waals surface area contributed by atoms with Crippen LogP contribution in [0.15, 0.2) is 30.5 Å². The third-order valence-corrected chi connectivity index (χ3v) is 3.26. The Labute approximate surface area is 120 Å². The van der Waals surface area contributed by atoms with Gasteiger partial charge < -0.3 is 10.1 Å². The molecule has 4 nitrogen and oxygen atoms in total. The number of nitrogens with zero attached hydrogens (tertiary/aromatic N) is 2. The zero-order chi connectivity index (χ0) is 15.6. The minimum Gasteiger partial charge on any atom is -0.496 e. The van der Waals surface area contributed by atoms with Crippen LogP contribution >= 0.6 is 0 Å². The lowest BCUT2D eigenvalue weighted by atomic mass is 10.0. The van der Waals surface area contributed by atoms with Crippen molar-refractivity contribution in [2.24, 2.45) is 0 Å². The van der Waals surface area contributed by atoms with E-state index in [9.17, 15) is 13.2 Å². The topological polar surface area (TPSA) is 39.1 Å². The molecule has 1 heterocycles. The van der Waals surface area contributed by atoms with Gasteiger partial charge in [-0.2, -0.15) is 18.3 Å². The van der Waals surface area contributed by atoms with Gasteiger partial charge in [0.25, 0.3) is 0 Å². The molecule has 0 aliphatic carbocycles. The third kappa shape index (κ3) is 3.02. The molecular weight excluding hydrogens is 283 g/mol. The predicted octanol–water partition coefficient (Wildman–Crippen LogP) is 3.18. The summed E-state index contributed by atoms with van der Waals surface area (Å²) in [6, 6.07) is 6.04. The molecule has 0 aliphatic heterocycles. The second-order valence-electron chi connectivity index (χ2n) is 4.55. The molecule has 0 saturated carbocycles. The summed E-state index contributed by atoms with van der Waals surface area (Å²) in [5, 5.41) is 6.67. The number of ether oxygens (including phenoxy) is 1. The molecule has 114 valence electrons. The molecular formula is C14H16F3N3O. The number of benzene rings is 1. The number of methoxy groups -OCH3 is 1. The summed E-state index contributed by atoms with van der Waals surface area (Å²) >= 11 is 0. The van der Waals surface area contributed by atoms with Gasteiger partial charge in [0.2, 0.25) is 0 Å². The maximum absolute atomic E-state index is 12.7. The molecule has 0 saturated heterocycles. The Balaban J connectivity index is 2.56. The fourth-order valence-corrected chi connectivity index (χ4v) is 2.10. The van der Waals surface area contributed by atoms with Crippen molar-refractivity contribution < 1.29 is 17.9 Å². The van der Waals surface area contributed by atoms with Crippen molar-refractivity contribution in [3.05, 3.63) is 41.7 Å². The molecule has 1 atom stereocenters. The highest BCUT2D eigenvalue weighted by Gasteiger charge is 2.34. The van der Waals surface area contributed by atoms with Crippen molar-refractivity contribution in [2.45, 2.75) is 19.1 Å². The average Bonchev–Trinajstić information content (AvgIpc) is 2.95. The van der Waals surface area contributed by atoms with E-state index in [0.29, 0.717) is 11.4 Å². The van der Waals surface area contributed by atoms with Crippen molar-refractivity contribution >= 4 is 0 Å². The van der Waals surface area contributed by atoms with Crippen LogP contribution in [0.25, 0.3) is 5.69 Å². The van der Waals surface area contributed by atoms with Crippen LogP contribution in [0.4, 0.5) is 13.2 Å². The first-order valence-electron chi connectivity index (χ1n) is 6.36. The highest BCUT2D eigenvalue weighted by atomic mass is 19.4. The van der Waals surface area contributed by atoms with Crippen LogP contribution in [-0.2, 0) is 6.18 Å². The fraction of sp³-hybridized carbons (Fsp3) is 0.357. The Kier molecular flexibility index (Phi) is 4.22. The smallest absolute Gasteiger partial charge is 0.435 e. The van der Waals surface area contributed by atoms with Crippen molar-refractivity contribution in [1.82, 2.24) is 15.1 Å². The van der Waals surface area contributed by atoms with Gasteiger partial charge in [0, 0.05) is 17.8 Å². The van der Waals surface area contributed by atoms with Crippen LogP contribution < -0.4 is 10.1 Å². The molecule has 1 N–H and O–H groups in total. The second-order valence-corrected chi connectivity index (χ2v) is 4.55. The molecule has 2 aromatic rings. The normalized spacial score (nSPS) is 13.2. The van der Waals surface area contributed by atoms with E-state index in [2.05, 4.69) is 10.4 Å². The van der Waals surface area contributed by atoms with Crippen LogP contribution in [0.2, 0.25) is 0 Å². The third-order valence-electron chi connectivity index (χ3n) is 3.26. The van der Waals surface area contributed by atoms with E-state index in [4.69, 9.17) is 4.74 Å². The number of rotatable bonds is 4. The number of halogens is 3. The summed E-state index contributed by atoms with van der Waals surface area (Å²) < 4.78 is 44.5. The second kappa shape index (κ2) is 5.77. The molecule has 2 rings (SSSR count). The summed E-state index contributed by atoms with van der Waals surface area (Å²) in [7, 11) is 3.29. The van der Waals surface area contributed by atoms with Gasteiger partial charge in [-0.15, -0.1) is 0 Å². The molecule has 0 fully saturated rings. The highest BCUT2D eigenvalue weighted by Crippen LogP contribution is 2.32. The summed E-state index contributed by atoms with van der Waals surface area (Å²) in [6.45, 7) is 1.90. The number of aromatic nitrogens is 2. The van der Waals surface area contributed by atoms with Crippen LogP contribution in [0.1, 0.15) is 24.2 Å². The number of alkyl halides is 3. The first-order chi connectivity index (χ1) is 9.88. The van der Waals surface area contributed by atoms with E-state index in [0.717, 1.165) is 11.6 Å². The standard InChI is InChI=1S/C14H16F3N3O/c1-9(18-2)13-10(5-4-6-11(13)21-3)20-8-7-12(19-20)14(15,16)17/h4-9,18H,1-3H3. The molecule has 1 aromatic carbocycles. The molecule has 0 radical (unpaired) electrons. The Morgan fingerprint density at radius 2 is 2.00 bits per heavy atom. The van der Waals surface area contributed by atoms with Crippen molar-refractivity contribution in [3.8, 4) is 11.4 Å². The Morgan fingerprint density at radius 1 is 1.29 bits per heavy atom. The number of nitrogens with one attached hydrogen (secondary N) is 1. The zero-order valence-electron chi connectivity index (χ0n) is 11.9. The SMILES string of the molecule is CNC(C)c1c(OC)cccc1-n1ccc(C(F)(F)F)n1. The van der Waals surface area contributed by atoms with Crippen LogP contribution in [-0.4, -0.2) is 23.9 Å². The minimum absolute atomic E-state index is 0.102. The van der Waals surface area contributed by atoms with Gasteiger partial charge in [0.1, 0.15) is 5.75 Å². The largest absolute Gasteiger partial charge is 0.496 e. The van der Waals surface area contributed by atoms with Crippen LogP contribution in [0.3, 0.4) is 0 Å². The van der Waals surface area contributed by atoms with Crippen LogP contribution in [0.5, 0.6) is 5.75 Å². The summed E-state index contributed by atoms with van der Waals surface area (Å²) in [4.78, 5) is 0. The van der Waals surface area contributed by atoms with E-state index in [1.54, 1.807) is 25.2 Å². The average molecular weight is 299 g/mol. The highest BCUT2D eigenvalue weighted by molar-refractivity contribution is 5.51. The van der Waals surface area contributed by atoms with Gasteiger partial charge in [0.15, 0.2) is 5.69 Å². The van der Waals surface area contributed by atoms with Gasteiger partial charge in [0.05, 0.1) is 12.8 Å². The lowest BCUT2D eigenvalue weighted by Gasteiger charge is -2.19. The first kappa shape index (κ1) is 15.4. The number of hydrogen-bond donors (Lipinski definition) is 1. The van der Waals surface area contributed by atoms with E-state index >= 15 is 0 Å². The van der Waals surface area contributed by atoms with Crippen molar-refractivity contribution in [2.75, 3.05) is 14.2 Å². The maximum atomic E-state index is 12.7. The first-order valence-corrected chi connectivity index (χ1v) is 6.36. The van der Waals surface area contributed by atoms with E-state index in [1.807, 2.05) is 6.92 Å². The lowest BCUT2D eigenvalue weighted by Crippen LogP contribution is -2.17.